The third-order valence-electron chi connectivity index (χ3n) is 3.08. The Bertz CT molecular complexity index is 730. The summed E-state index contributed by atoms with van der Waals surface area (Å²) >= 11 is 7.28. The number of anilines is 1. The van der Waals surface area contributed by atoms with Crippen molar-refractivity contribution in [3.05, 3.63) is 34.3 Å². The van der Waals surface area contributed by atoms with E-state index in [1.54, 1.807) is 12.1 Å². The van der Waals surface area contributed by atoms with E-state index in [4.69, 9.17) is 11.6 Å². The number of sulfonamides is 1. The van der Waals surface area contributed by atoms with Crippen molar-refractivity contribution in [2.75, 3.05) is 4.72 Å². The minimum absolute atomic E-state index is 0.109. The smallest absolute Gasteiger partial charge is 0.263 e. The van der Waals surface area contributed by atoms with Crippen LogP contribution in [-0.4, -0.2) is 24.7 Å². The summed E-state index contributed by atoms with van der Waals surface area (Å²) in [5, 5.41) is 11.2. The Kier molecular flexibility index (Phi) is 4.12. The zero-order chi connectivity index (χ0) is 14.9. The molecule has 1 saturated carbocycles. The first kappa shape index (κ1) is 14.7. The van der Waals surface area contributed by atoms with Gasteiger partial charge in [-0.15, -0.1) is 10.2 Å². The summed E-state index contributed by atoms with van der Waals surface area (Å²) in [4.78, 5) is 0.109. The summed E-state index contributed by atoms with van der Waals surface area (Å²) < 4.78 is 26.7. The Morgan fingerprint density at radius 3 is 2.81 bits per heavy atom. The summed E-state index contributed by atoms with van der Waals surface area (Å²) in [6.45, 7) is 0.646. The van der Waals surface area contributed by atoms with Gasteiger partial charge in [-0.05, 0) is 30.5 Å². The number of nitrogens with one attached hydrogen (secondary N) is 2. The Balaban J connectivity index is 1.76. The minimum atomic E-state index is -3.69. The highest BCUT2D eigenvalue weighted by molar-refractivity contribution is 7.93. The summed E-state index contributed by atoms with van der Waals surface area (Å²) in [5.41, 5.74) is 2.34. The molecule has 0 aliphatic heterocycles. The van der Waals surface area contributed by atoms with Crippen LogP contribution in [0, 0.1) is 0 Å². The van der Waals surface area contributed by atoms with Gasteiger partial charge in [0.2, 0.25) is 5.13 Å². The first-order valence-corrected chi connectivity index (χ1v) is 9.09. The van der Waals surface area contributed by atoms with Crippen LogP contribution < -0.4 is 10.0 Å². The highest BCUT2D eigenvalue weighted by atomic mass is 35.5. The quantitative estimate of drug-likeness (QED) is 0.839. The van der Waals surface area contributed by atoms with Crippen molar-refractivity contribution in [2.45, 2.75) is 30.3 Å². The van der Waals surface area contributed by atoms with Crippen molar-refractivity contribution in [1.82, 2.24) is 15.5 Å². The number of aromatic nitrogens is 2. The standard InChI is InChI=1S/C12H13ClN4O2S2/c13-11-5-10(4-1-8(11)6-14-9-2-3-9)21(18,19)17-12-16-15-7-20-12/h1,4-5,7,9,14H,2-3,6H2,(H,16,17). The first-order valence-electron chi connectivity index (χ1n) is 6.35. The van der Waals surface area contributed by atoms with Crippen LogP contribution >= 0.6 is 22.9 Å². The lowest BCUT2D eigenvalue weighted by Gasteiger charge is -2.09. The molecule has 1 aliphatic carbocycles. The third kappa shape index (κ3) is 3.70. The average Bonchev–Trinajstić information content (AvgIpc) is 3.14. The lowest BCUT2D eigenvalue weighted by molar-refractivity contribution is 0.601. The second-order valence-electron chi connectivity index (χ2n) is 4.76. The predicted molar refractivity (Wildman–Crippen MR) is 82.0 cm³/mol. The number of hydrogen-bond donors (Lipinski definition) is 2. The van der Waals surface area contributed by atoms with Crippen molar-refractivity contribution in [1.29, 1.82) is 0 Å². The molecule has 1 aromatic carbocycles. The van der Waals surface area contributed by atoms with E-state index >= 15 is 0 Å². The SMILES string of the molecule is O=S(=O)(Nc1nncs1)c1ccc(CNC2CC2)c(Cl)c1. The fourth-order valence-corrected chi connectivity index (χ4v) is 3.80. The lowest BCUT2D eigenvalue weighted by atomic mass is 10.2. The van der Waals surface area contributed by atoms with Crippen LogP contribution in [0.2, 0.25) is 5.02 Å². The van der Waals surface area contributed by atoms with Crippen LogP contribution in [0.4, 0.5) is 5.13 Å². The molecule has 0 radical (unpaired) electrons. The number of halogens is 1. The molecule has 2 aromatic rings. The fourth-order valence-electron chi connectivity index (χ4n) is 1.77. The molecule has 0 atom stereocenters. The van der Waals surface area contributed by atoms with Gasteiger partial charge in [0.15, 0.2) is 0 Å². The van der Waals surface area contributed by atoms with Gasteiger partial charge in [0, 0.05) is 17.6 Å². The van der Waals surface area contributed by atoms with Crippen LogP contribution in [0.15, 0.2) is 28.6 Å². The number of nitrogens with zero attached hydrogens (tertiary/aromatic N) is 2. The highest BCUT2D eigenvalue weighted by Crippen LogP contribution is 2.25. The molecule has 1 heterocycles. The highest BCUT2D eigenvalue weighted by Gasteiger charge is 2.21. The van der Waals surface area contributed by atoms with E-state index in [0.717, 1.165) is 16.9 Å². The zero-order valence-electron chi connectivity index (χ0n) is 10.9. The normalized spacial score (nSPS) is 15.1. The zero-order valence-corrected chi connectivity index (χ0v) is 13.3. The van der Waals surface area contributed by atoms with Gasteiger partial charge in [-0.25, -0.2) is 8.42 Å². The van der Waals surface area contributed by atoms with E-state index in [2.05, 4.69) is 20.2 Å². The van der Waals surface area contributed by atoms with Crippen LogP contribution in [0.25, 0.3) is 0 Å². The van der Waals surface area contributed by atoms with E-state index in [-0.39, 0.29) is 10.0 Å². The molecule has 3 rings (SSSR count). The molecular formula is C12H13ClN4O2S2. The topological polar surface area (TPSA) is 84.0 Å². The van der Waals surface area contributed by atoms with E-state index in [1.165, 1.54) is 24.4 Å². The Hall–Kier alpha value is -1.22. The van der Waals surface area contributed by atoms with Crippen molar-refractivity contribution < 1.29 is 8.42 Å². The largest absolute Gasteiger partial charge is 0.310 e. The molecule has 0 unspecified atom stereocenters. The molecule has 6 nitrogen and oxygen atoms in total. The number of benzene rings is 1. The average molecular weight is 345 g/mol. The second kappa shape index (κ2) is 5.88. The van der Waals surface area contributed by atoms with Crippen molar-refractivity contribution in [3.63, 3.8) is 0 Å². The fraction of sp³-hybridized carbons (Fsp3) is 0.333. The Morgan fingerprint density at radius 2 is 2.19 bits per heavy atom. The maximum atomic E-state index is 12.2. The summed E-state index contributed by atoms with van der Waals surface area (Å²) in [5.74, 6) is 0. The molecule has 0 saturated heterocycles. The van der Waals surface area contributed by atoms with Crippen molar-refractivity contribution in [2.24, 2.45) is 0 Å². The van der Waals surface area contributed by atoms with Crippen molar-refractivity contribution >= 4 is 38.1 Å². The molecule has 9 heteroatoms. The molecule has 0 bridgehead atoms. The van der Waals surface area contributed by atoms with Crippen LogP contribution in [0.1, 0.15) is 18.4 Å². The summed E-state index contributed by atoms with van der Waals surface area (Å²) in [7, 11) is -3.69. The van der Waals surface area contributed by atoms with Crippen LogP contribution in [0.5, 0.6) is 0 Å². The van der Waals surface area contributed by atoms with E-state index in [0.29, 0.717) is 17.6 Å². The molecule has 1 aromatic heterocycles. The van der Waals surface area contributed by atoms with Crippen LogP contribution in [0.3, 0.4) is 0 Å². The van der Waals surface area contributed by atoms with Crippen molar-refractivity contribution in [3.8, 4) is 0 Å². The predicted octanol–water partition coefficient (Wildman–Crippen LogP) is 2.24. The van der Waals surface area contributed by atoms with E-state index < -0.39 is 10.0 Å². The van der Waals surface area contributed by atoms with Gasteiger partial charge in [0.1, 0.15) is 5.51 Å². The molecule has 2 N–H and O–H groups in total. The maximum absolute atomic E-state index is 12.2. The summed E-state index contributed by atoms with van der Waals surface area (Å²) in [6.07, 6.45) is 2.38. The lowest BCUT2D eigenvalue weighted by Crippen LogP contribution is -2.16. The molecule has 0 amide bonds. The first-order chi connectivity index (χ1) is 10.0. The third-order valence-corrected chi connectivity index (χ3v) is 5.50. The van der Waals surface area contributed by atoms with E-state index in [1.807, 2.05) is 0 Å². The molecule has 1 aliphatic rings. The van der Waals surface area contributed by atoms with Gasteiger partial charge in [0.05, 0.1) is 4.90 Å². The van der Waals surface area contributed by atoms with Gasteiger partial charge in [-0.3, -0.25) is 4.72 Å². The molecule has 1 fully saturated rings. The number of rotatable bonds is 6. The number of hydrogen-bond acceptors (Lipinski definition) is 6. The summed E-state index contributed by atoms with van der Waals surface area (Å²) in [6, 6.07) is 5.30. The Morgan fingerprint density at radius 1 is 1.38 bits per heavy atom. The van der Waals surface area contributed by atoms with Gasteiger partial charge in [0.25, 0.3) is 10.0 Å². The van der Waals surface area contributed by atoms with Crippen LogP contribution in [-0.2, 0) is 16.6 Å². The molecular weight excluding hydrogens is 332 g/mol. The minimum Gasteiger partial charge on any atom is -0.310 e. The van der Waals surface area contributed by atoms with E-state index in [9.17, 15) is 8.42 Å². The van der Waals surface area contributed by atoms with Gasteiger partial charge in [-0.1, -0.05) is 29.0 Å². The second-order valence-corrected chi connectivity index (χ2v) is 7.68. The van der Waals surface area contributed by atoms with Gasteiger partial charge in [-0.2, -0.15) is 0 Å². The maximum Gasteiger partial charge on any atom is 0.263 e. The molecule has 112 valence electrons. The van der Waals surface area contributed by atoms with Gasteiger partial charge >= 0.3 is 0 Å². The monoisotopic (exact) mass is 344 g/mol. The molecule has 21 heavy (non-hydrogen) atoms. The molecule has 0 spiro atoms. The van der Waals surface area contributed by atoms with Gasteiger partial charge < -0.3 is 5.32 Å². The Labute approximate surface area is 131 Å².